The second-order valence-electron chi connectivity index (χ2n) is 5.95. The van der Waals surface area contributed by atoms with Gasteiger partial charge >= 0.3 is 0 Å². The van der Waals surface area contributed by atoms with Crippen molar-refractivity contribution in [2.45, 2.75) is 13.3 Å². The van der Waals surface area contributed by atoms with E-state index in [2.05, 4.69) is 26.7 Å². The van der Waals surface area contributed by atoms with Crippen molar-refractivity contribution < 1.29 is 0 Å². The third-order valence-electron chi connectivity index (χ3n) is 4.25. The van der Waals surface area contributed by atoms with Gasteiger partial charge in [-0.25, -0.2) is 4.98 Å². The third-order valence-corrected chi connectivity index (χ3v) is 4.96. The molecule has 5 heteroatoms. The summed E-state index contributed by atoms with van der Waals surface area (Å²) >= 11 is 12.6. The minimum absolute atomic E-state index is 0.585. The molecule has 0 unspecified atom stereocenters. The van der Waals surface area contributed by atoms with Gasteiger partial charge < -0.3 is 4.57 Å². The number of hydrogen-bond acceptors (Lipinski definition) is 2. The second-order valence-corrected chi connectivity index (χ2v) is 6.76. The number of halogens is 2. The highest BCUT2D eigenvalue weighted by atomic mass is 35.5. The monoisotopic (exact) mass is 367 g/mol. The summed E-state index contributed by atoms with van der Waals surface area (Å²) in [5.41, 5.74) is 4.03. The zero-order valence-corrected chi connectivity index (χ0v) is 15.1. The van der Waals surface area contributed by atoms with Crippen LogP contribution < -0.4 is 0 Å². The van der Waals surface area contributed by atoms with Crippen LogP contribution in [0.2, 0.25) is 10.0 Å². The van der Waals surface area contributed by atoms with Crippen molar-refractivity contribution in [1.82, 2.24) is 14.5 Å². The minimum Gasteiger partial charge on any atom is -0.301 e. The summed E-state index contributed by atoms with van der Waals surface area (Å²) in [6.45, 7) is 2.03. The van der Waals surface area contributed by atoms with Crippen molar-refractivity contribution >= 4 is 34.1 Å². The number of nitrogens with zero attached hydrogens (tertiary/aromatic N) is 3. The lowest BCUT2D eigenvalue weighted by Gasteiger charge is -2.09. The first-order valence-corrected chi connectivity index (χ1v) is 8.70. The Morgan fingerprint density at radius 2 is 1.76 bits per heavy atom. The second kappa shape index (κ2) is 6.51. The van der Waals surface area contributed by atoms with Gasteiger partial charge in [0.2, 0.25) is 0 Å². The number of rotatable bonds is 3. The molecule has 0 saturated heterocycles. The maximum atomic E-state index is 6.32. The Labute approximate surface area is 155 Å². The Kier molecular flexibility index (Phi) is 4.20. The summed E-state index contributed by atoms with van der Waals surface area (Å²) < 4.78 is 2.06. The Bertz CT molecular complexity index is 1030. The van der Waals surface area contributed by atoms with E-state index in [9.17, 15) is 0 Å². The van der Waals surface area contributed by atoms with Gasteiger partial charge in [0, 0.05) is 40.4 Å². The molecule has 0 spiro atoms. The van der Waals surface area contributed by atoms with Crippen molar-refractivity contribution in [3.63, 3.8) is 0 Å². The van der Waals surface area contributed by atoms with Crippen molar-refractivity contribution in [3.05, 3.63) is 87.9 Å². The van der Waals surface area contributed by atoms with Crippen molar-refractivity contribution in [3.8, 4) is 5.82 Å². The molecule has 0 amide bonds. The SMILES string of the molecule is Cc1ccc(-n2ccc3c(Cc4c(Cl)cccc4Cl)nccc32)nc1. The third kappa shape index (κ3) is 3.01. The minimum atomic E-state index is 0.585. The molecule has 0 aliphatic carbocycles. The summed E-state index contributed by atoms with van der Waals surface area (Å²) in [5.74, 6) is 0.883. The molecule has 3 aromatic heterocycles. The highest BCUT2D eigenvalue weighted by Gasteiger charge is 2.12. The molecular formula is C20H15Cl2N3. The highest BCUT2D eigenvalue weighted by Crippen LogP contribution is 2.29. The molecule has 124 valence electrons. The van der Waals surface area contributed by atoms with Crippen LogP contribution in [0, 0.1) is 6.92 Å². The van der Waals surface area contributed by atoms with Crippen LogP contribution >= 0.6 is 23.2 Å². The van der Waals surface area contributed by atoms with E-state index in [1.165, 1.54) is 0 Å². The molecule has 1 aromatic carbocycles. The molecule has 3 nitrogen and oxygen atoms in total. The van der Waals surface area contributed by atoms with Gasteiger partial charge in [0.1, 0.15) is 5.82 Å². The molecule has 0 aliphatic heterocycles. The van der Waals surface area contributed by atoms with E-state index in [1.807, 2.05) is 55.8 Å². The molecule has 0 saturated carbocycles. The quantitative estimate of drug-likeness (QED) is 0.469. The van der Waals surface area contributed by atoms with E-state index in [1.54, 1.807) is 0 Å². The molecule has 0 radical (unpaired) electrons. The molecule has 25 heavy (non-hydrogen) atoms. The van der Waals surface area contributed by atoms with Gasteiger partial charge in [-0.05, 0) is 48.4 Å². The summed E-state index contributed by atoms with van der Waals surface area (Å²) in [4.78, 5) is 9.07. The molecule has 4 aromatic rings. The molecule has 0 aliphatic rings. The number of aromatic nitrogens is 3. The van der Waals surface area contributed by atoms with Crippen LogP contribution in [0.5, 0.6) is 0 Å². The Morgan fingerprint density at radius 1 is 0.960 bits per heavy atom. The van der Waals surface area contributed by atoms with Crippen LogP contribution in [0.25, 0.3) is 16.7 Å². The van der Waals surface area contributed by atoms with E-state index in [-0.39, 0.29) is 0 Å². The number of benzene rings is 1. The lowest BCUT2D eigenvalue weighted by molar-refractivity contribution is 1.03. The number of aryl methyl sites for hydroxylation is 1. The molecule has 3 heterocycles. The average molecular weight is 368 g/mol. The van der Waals surface area contributed by atoms with Gasteiger partial charge in [-0.1, -0.05) is 35.3 Å². The van der Waals surface area contributed by atoms with E-state index in [4.69, 9.17) is 23.2 Å². The van der Waals surface area contributed by atoms with Crippen molar-refractivity contribution in [2.75, 3.05) is 0 Å². The van der Waals surface area contributed by atoms with Crippen LogP contribution in [-0.4, -0.2) is 14.5 Å². The number of fused-ring (bicyclic) bond motifs is 1. The van der Waals surface area contributed by atoms with E-state index in [0.717, 1.165) is 33.5 Å². The average Bonchev–Trinajstić information content (AvgIpc) is 3.04. The molecule has 0 bridgehead atoms. The number of pyridine rings is 2. The van der Waals surface area contributed by atoms with Crippen LogP contribution in [0.1, 0.15) is 16.8 Å². The van der Waals surface area contributed by atoms with Gasteiger partial charge in [-0.15, -0.1) is 0 Å². The first kappa shape index (κ1) is 16.1. The van der Waals surface area contributed by atoms with Crippen LogP contribution in [0.15, 0.2) is 61.1 Å². The van der Waals surface area contributed by atoms with Gasteiger partial charge in [0.25, 0.3) is 0 Å². The zero-order chi connectivity index (χ0) is 17.4. The lowest BCUT2D eigenvalue weighted by Crippen LogP contribution is -1.98. The first-order chi connectivity index (χ1) is 12.1. The zero-order valence-electron chi connectivity index (χ0n) is 13.6. The Morgan fingerprint density at radius 3 is 2.48 bits per heavy atom. The first-order valence-electron chi connectivity index (χ1n) is 7.94. The maximum absolute atomic E-state index is 6.32. The Hall–Kier alpha value is -2.36. The number of hydrogen-bond donors (Lipinski definition) is 0. The van der Waals surface area contributed by atoms with Gasteiger partial charge in [0.15, 0.2) is 0 Å². The molecule has 0 atom stereocenters. The standard InChI is InChI=1S/C20H15Cl2N3/c1-13-5-6-20(24-12-13)25-10-8-14-18(23-9-7-19(14)25)11-15-16(21)3-2-4-17(15)22/h2-10,12H,11H2,1H3. The van der Waals surface area contributed by atoms with Gasteiger partial charge in [-0.2, -0.15) is 0 Å². The fourth-order valence-corrected chi connectivity index (χ4v) is 3.47. The predicted octanol–water partition coefficient (Wildman–Crippen LogP) is 5.63. The largest absolute Gasteiger partial charge is 0.301 e. The van der Waals surface area contributed by atoms with Crippen molar-refractivity contribution in [2.24, 2.45) is 0 Å². The molecule has 4 rings (SSSR count). The summed E-state index contributed by atoms with van der Waals surface area (Å²) in [7, 11) is 0. The summed E-state index contributed by atoms with van der Waals surface area (Å²) in [6.07, 6.45) is 6.28. The van der Waals surface area contributed by atoms with Crippen LogP contribution in [0.3, 0.4) is 0 Å². The van der Waals surface area contributed by atoms with Gasteiger partial charge in [0.05, 0.1) is 11.2 Å². The smallest absolute Gasteiger partial charge is 0.137 e. The van der Waals surface area contributed by atoms with E-state index in [0.29, 0.717) is 16.5 Å². The lowest BCUT2D eigenvalue weighted by atomic mass is 10.1. The van der Waals surface area contributed by atoms with Gasteiger partial charge in [-0.3, -0.25) is 4.98 Å². The van der Waals surface area contributed by atoms with E-state index >= 15 is 0 Å². The topological polar surface area (TPSA) is 30.7 Å². The predicted molar refractivity (Wildman–Crippen MR) is 103 cm³/mol. The van der Waals surface area contributed by atoms with Crippen molar-refractivity contribution in [1.29, 1.82) is 0 Å². The summed E-state index contributed by atoms with van der Waals surface area (Å²) in [6, 6.07) is 13.7. The van der Waals surface area contributed by atoms with E-state index < -0.39 is 0 Å². The summed E-state index contributed by atoms with van der Waals surface area (Å²) in [5, 5.41) is 2.39. The molecular weight excluding hydrogens is 353 g/mol. The fourth-order valence-electron chi connectivity index (χ4n) is 2.94. The Balaban J connectivity index is 1.81. The fraction of sp³-hybridized carbons (Fsp3) is 0.100. The van der Waals surface area contributed by atoms with Crippen LogP contribution in [0.4, 0.5) is 0 Å². The maximum Gasteiger partial charge on any atom is 0.137 e. The normalized spacial score (nSPS) is 11.2. The van der Waals surface area contributed by atoms with Crippen LogP contribution in [-0.2, 0) is 6.42 Å². The molecule has 0 N–H and O–H groups in total. The molecule has 0 fully saturated rings. The highest BCUT2D eigenvalue weighted by molar-refractivity contribution is 6.36.